The van der Waals surface area contributed by atoms with Crippen molar-refractivity contribution in [1.82, 2.24) is 9.38 Å². The summed E-state index contributed by atoms with van der Waals surface area (Å²) in [5.41, 5.74) is 9.56. The molecule has 4 heterocycles. The number of pyridine rings is 2. The Labute approximate surface area is 199 Å². The molecule has 0 atom stereocenters. The van der Waals surface area contributed by atoms with Gasteiger partial charge in [-0.2, -0.15) is 4.40 Å². The first-order valence-corrected chi connectivity index (χ1v) is 11.7. The van der Waals surface area contributed by atoms with E-state index in [-0.39, 0.29) is 10.8 Å². The fraction of sp³-hybridized carbons (Fsp3) is 0.333. The third-order valence-electron chi connectivity index (χ3n) is 8.64. The molecule has 3 heteroatoms. The van der Waals surface area contributed by atoms with E-state index in [1.165, 1.54) is 5.69 Å². The van der Waals surface area contributed by atoms with Gasteiger partial charge >= 0.3 is 0 Å². The van der Waals surface area contributed by atoms with Gasteiger partial charge in [0, 0.05) is 32.3 Å². The van der Waals surface area contributed by atoms with Crippen molar-refractivity contribution in [3.63, 3.8) is 0 Å². The van der Waals surface area contributed by atoms with Gasteiger partial charge in [0.15, 0.2) is 11.4 Å². The van der Waals surface area contributed by atoms with Crippen molar-refractivity contribution >= 4 is 27.5 Å². The molecule has 0 aliphatic carbocycles. The van der Waals surface area contributed by atoms with Crippen molar-refractivity contribution in [3.8, 4) is 11.3 Å². The van der Waals surface area contributed by atoms with Gasteiger partial charge in [0.25, 0.3) is 5.65 Å². The molecule has 3 aromatic heterocycles. The van der Waals surface area contributed by atoms with Crippen LogP contribution in [0.15, 0.2) is 48.7 Å². The van der Waals surface area contributed by atoms with E-state index < -0.39 is 6.85 Å². The van der Waals surface area contributed by atoms with Crippen molar-refractivity contribution in [2.45, 2.75) is 59.2 Å². The number of hydrogen-bond acceptors (Lipinski definition) is 1. The Bertz CT molecular complexity index is 1740. The second-order valence-corrected chi connectivity index (χ2v) is 10.7. The molecule has 2 aromatic carbocycles. The highest BCUT2D eigenvalue weighted by Crippen LogP contribution is 2.53. The highest BCUT2D eigenvalue weighted by molar-refractivity contribution is 6.13. The van der Waals surface area contributed by atoms with Crippen LogP contribution in [0.4, 0.5) is 0 Å². The summed E-state index contributed by atoms with van der Waals surface area (Å²) < 4.78 is 29.9. The summed E-state index contributed by atoms with van der Waals surface area (Å²) in [6.45, 7) is 11.1. The molecule has 0 unspecified atom stereocenters. The van der Waals surface area contributed by atoms with Crippen LogP contribution in [0, 0.1) is 20.7 Å². The lowest BCUT2D eigenvalue weighted by atomic mass is 9.60. The second kappa shape index (κ2) is 6.22. The zero-order chi connectivity index (χ0) is 25.9. The normalized spacial score (nSPS) is 18.1. The molecule has 0 spiro atoms. The van der Waals surface area contributed by atoms with Gasteiger partial charge < -0.3 is 0 Å². The molecule has 6 rings (SSSR count). The number of aryl methyl sites for hydroxylation is 4. The molecule has 0 saturated heterocycles. The highest BCUT2D eigenvalue weighted by atomic mass is 15.1. The molecule has 33 heavy (non-hydrogen) atoms. The van der Waals surface area contributed by atoms with Crippen LogP contribution in [0.25, 0.3) is 38.7 Å². The van der Waals surface area contributed by atoms with Gasteiger partial charge in [-0.1, -0.05) is 70.2 Å². The molecule has 1 aliphatic rings. The zero-order valence-corrected chi connectivity index (χ0v) is 20.5. The van der Waals surface area contributed by atoms with E-state index in [2.05, 4.69) is 81.8 Å². The van der Waals surface area contributed by atoms with Crippen LogP contribution in [0.3, 0.4) is 0 Å². The number of aromatic nitrogens is 3. The Morgan fingerprint density at radius 1 is 0.909 bits per heavy atom. The number of hydrogen-bond donors (Lipinski definition) is 0. The monoisotopic (exact) mass is 437 g/mol. The van der Waals surface area contributed by atoms with Crippen molar-refractivity contribution in [1.29, 1.82) is 0 Å². The van der Waals surface area contributed by atoms with E-state index >= 15 is 0 Å². The van der Waals surface area contributed by atoms with Crippen LogP contribution >= 0.6 is 0 Å². The molecule has 166 valence electrons. The molecule has 3 nitrogen and oxygen atoms in total. The van der Waals surface area contributed by atoms with Gasteiger partial charge in [0.05, 0.1) is 23.3 Å². The molecule has 1 aliphatic heterocycles. The lowest BCUT2D eigenvalue weighted by Gasteiger charge is -2.43. The average molecular weight is 438 g/mol. The summed E-state index contributed by atoms with van der Waals surface area (Å²) in [6.07, 6.45) is 1.88. The summed E-state index contributed by atoms with van der Waals surface area (Å²) in [7, 11) is 2.13. The lowest BCUT2D eigenvalue weighted by molar-refractivity contribution is -0.632. The van der Waals surface area contributed by atoms with Gasteiger partial charge in [-0.3, -0.25) is 4.98 Å². The number of nitrogens with zero attached hydrogens (tertiary/aromatic N) is 3. The van der Waals surface area contributed by atoms with Gasteiger partial charge in [0.1, 0.15) is 5.52 Å². The summed E-state index contributed by atoms with van der Waals surface area (Å²) in [4.78, 5) is 4.92. The molecule has 0 fully saturated rings. The maximum Gasteiger partial charge on any atom is 0.297 e. The van der Waals surface area contributed by atoms with E-state index in [9.17, 15) is 0 Å². The molecule has 0 saturated carbocycles. The molecule has 0 N–H and O–H groups in total. The molecule has 0 bridgehead atoms. The first-order chi connectivity index (χ1) is 16.8. The minimum absolute atomic E-state index is 0.247. The smallest absolute Gasteiger partial charge is 0.255 e. The summed E-state index contributed by atoms with van der Waals surface area (Å²) in [5.74, 6) is 0. The van der Waals surface area contributed by atoms with Crippen molar-refractivity contribution in [3.05, 3.63) is 76.6 Å². The van der Waals surface area contributed by atoms with Crippen LogP contribution < -0.4 is 4.57 Å². The Balaban J connectivity index is 2.06. The van der Waals surface area contributed by atoms with E-state index in [4.69, 9.17) is 9.10 Å². The maximum atomic E-state index is 8.43. The number of imidazole rings is 1. The first-order valence-electron chi connectivity index (χ1n) is 13.2. The zero-order valence-electron chi connectivity index (χ0n) is 23.5. The largest absolute Gasteiger partial charge is 0.297 e. The van der Waals surface area contributed by atoms with Crippen LogP contribution in [0.2, 0.25) is 0 Å². The molecular weight excluding hydrogens is 402 g/mol. The number of fused-ring (bicyclic) bond motifs is 3. The topological polar surface area (TPSA) is 21.2 Å². The van der Waals surface area contributed by atoms with E-state index in [1.54, 1.807) is 0 Å². The molecule has 0 amide bonds. The van der Waals surface area contributed by atoms with Crippen molar-refractivity contribution in [2.24, 2.45) is 7.05 Å². The Kier molecular flexibility index (Phi) is 3.26. The predicted octanol–water partition coefficient (Wildman–Crippen LogP) is 6.63. The van der Waals surface area contributed by atoms with Crippen molar-refractivity contribution < 1.29 is 8.68 Å². The van der Waals surface area contributed by atoms with Crippen molar-refractivity contribution in [2.75, 3.05) is 0 Å². The maximum absolute atomic E-state index is 8.43. The lowest BCUT2D eigenvalue weighted by Crippen LogP contribution is -2.44. The van der Waals surface area contributed by atoms with Gasteiger partial charge in [-0.15, -0.1) is 0 Å². The predicted molar refractivity (Wildman–Crippen MR) is 137 cm³/mol. The SMILES string of the molecule is [2H]C([2H])([2H])c1ccc2c3c1c1ncc(C)c(C)c1c1n3c(c(-c3ccccc3)[n+]1C)C(C)(C)C2(C)C. The van der Waals surface area contributed by atoms with Gasteiger partial charge in [-0.25, -0.2) is 4.57 Å². The van der Waals surface area contributed by atoms with E-state index in [0.29, 0.717) is 5.56 Å². The first kappa shape index (κ1) is 17.3. The van der Waals surface area contributed by atoms with E-state index in [0.717, 1.165) is 55.4 Å². The van der Waals surface area contributed by atoms with Crippen LogP contribution in [-0.4, -0.2) is 9.38 Å². The third-order valence-corrected chi connectivity index (χ3v) is 8.64. The highest BCUT2D eigenvalue weighted by Gasteiger charge is 2.52. The standard InChI is InChI=1S/C30H32N3/c1-17-14-15-21-26-22(17)24-23(19(3)18(2)16-31-24)28-32(8)25(20-12-10-9-11-13-20)27(33(26)28)30(6,7)29(21,4)5/h9-16H,1-8H3/q+1/i1D3. The second-order valence-electron chi connectivity index (χ2n) is 10.7. The molecular formula is C30H32N3+. The van der Waals surface area contributed by atoms with Gasteiger partial charge in [0.2, 0.25) is 0 Å². The molecule has 0 radical (unpaired) electrons. The minimum atomic E-state index is -2.26. The Morgan fingerprint density at radius 2 is 1.64 bits per heavy atom. The van der Waals surface area contributed by atoms with Crippen LogP contribution in [0.5, 0.6) is 0 Å². The fourth-order valence-corrected chi connectivity index (χ4v) is 5.99. The summed E-state index contributed by atoms with van der Waals surface area (Å²) in [5, 5.41) is 1.77. The fourth-order valence-electron chi connectivity index (χ4n) is 5.99. The minimum Gasteiger partial charge on any atom is -0.255 e. The van der Waals surface area contributed by atoms with Crippen LogP contribution in [0.1, 0.15) is 59.8 Å². The van der Waals surface area contributed by atoms with Gasteiger partial charge in [-0.05, 0) is 37.4 Å². The van der Waals surface area contributed by atoms with Crippen LogP contribution in [-0.2, 0) is 17.9 Å². The number of rotatable bonds is 1. The molecule has 5 aromatic rings. The van der Waals surface area contributed by atoms with E-state index in [1.807, 2.05) is 24.4 Å². The summed E-state index contributed by atoms with van der Waals surface area (Å²) >= 11 is 0. The summed E-state index contributed by atoms with van der Waals surface area (Å²) in [6, 6.07) is 14.4. The number of benzene rings is 2. The quantitative estimate of drug-likeness (QED) is 0.213. The Hall–Kier alpha value is -3.20. The average Bonchev–Trinajstić information content (AvgIpc) is 3.13. The Morgan fingerprint density at radius 3 is 2.33 bits per heavy atom. The third kappa shape index (κ3) is 2.25.